The third-order valence-corrected chi connectivity index (χ3v) is 0.761. The quantitative estimate of drug-likeness (QED) is 0.487. The third-order valence-electron chi connectivity index (χ3n) is 0.761. The Hall–Kier alpha value is -0.0151. The largest absolute Gasteiger partial charge is 0.385 e. The van der Waals surface area contributed by atoms with Crippen LogP contribution in [0.1, 0.15) is 0 Å². The first kappa shape index (κ1) is 7.98. The van der Waals surface area contributed by atoms with E-state index in [-0.39, 0.29) is 5.82 Å². The van der Waals surface area contributed by atoms with Crippen LogP contribution in [0.25, 0.3) is 0 Å². The van der Waals surface area contributed by atoms with Crippen molar-refractivity contribution in [2.75, 3.05) is 27.4 Å². The topological polar surface area (TPSA) is 18.5 Å². The van der Waals surface area contributed by atoms with E-state index in [0.29, 0.717) is 13.2 Å². The van der Waals surface area contributed by atoms with Gasteiger partial charge in [0.05, 0.1) is 7.85 Å². The minimum Gasteiger partial charge on any atom is -0.385 e. The van der Waals surface area contributed by atoms with Gasteiger partial charge in [-0.1, -0.05) is 0 Å². The standard InChI is InChI=1S/C5H11BO2/c1-7-3-5(6)4-8-2/h5H,3-4H2,1-2H3. The van der Waals surface area contributed by atoms with Crippen LogP contribution in [0.5, 0.6) is 0 Å². The van der Waals surface area contributed by atoms with Crippen molar-refractivity contribution in [2.24, 2.45) is 0 Å². The van der Waals surface area contributed by atoms with Gasteiger partial charge in [-0.25, -0.2) is 0 Å². The summed E-state index contributed by atoms with van der Waals surface area (Å²) in [6.45, 7) is 1.13. The van der Waals surface area contributed by atoms with Crippen LogP contribution in [0.4, 0.5) is 0 Å². The maximum atomic E-state index is 5.44. The molecule has 0 aliphatic carbocycles. The predicted molar refractivity (Wildman–Crippen MR) is 33.3 cm³/mol. The maximum Gasteiger partial charge on any atom is 0.0762 e. The lowest BCUT2D eigenvalue weighted by Gasteiger charge is -2.06. The first-order valence-corrected chi connectivity index (χ1v) is 2.54. The number of hydrogen-bond acceptors (Lipinski definition) is 2. The molecule has 0 spiro atoms. The molecule has 0 aromatic carbocycles. The van der Waals surface area contributed by atoms with Crippen molar-refractivity contribution in [3.8, 4) is 0 Å². The van der Waals surface area contributed by atoms with Gasteiger partial charge in [0, 0.05) is 27.4 Å². The molecule has 0 N–H and O–H groups in total. The van der Waals surface area contributed by atoms with E-state index >= 15 is 0 Å². The first-order chi connectivity index (χ1) is 3.81. The van der Waals surface area contributed by atoms with Crippen molar-refractivity contribution >= 4 is 7.85 Å². The highest BCUT2D eigenvalue weighted by Crippen LogP contribution is 1.96. The average Bonchev–Trinajstić information content (AvgIpc) is 1.68. The molecule has 0 saturated heterocycles. The van der Waals surface area contributed by atoms with Crippen molar-refractivity contribution in [2.45, 2.75) is 5.82 Å². The molecule has 2 nitrogen and oxygen atoms in total. The monoisotopic (exact) mass is 114 g/mol. The van der Waals surface area contributed by atoms with E-state index in [1.807, 2.05) is 0 Å². The molecule has 0 aliphatic rings. The average molecular weight is 114 g/mol. The SMILES string of the molecule is [B]C(COC)COC. The molecule has 0 bridgehead atoms. The Morgan fingerprint density at radius 1 is 1.25 bits per heavy atom. The third kappa shape index (κ3) is 4.15. The molecule has 8 heavy (non-hydrogen) atoms. The summed E-state index contributed by atoms with van der Waals surface area (Å²) < 4.78 is 9.50. The molecule has 0 fully saturated rings. The van der Waals surface area contributed by atoms with Gasteiger partial charge in [0.25, 0.3) is 0 Å². The highest BCUT2D eigenvalue weighted by atomic mass is 16.5. The van der Waals surface area contributed by atoms with Crippen LogP contribution < -0.4 is 0 Å². The second-order valence-electron chi connectivity index (χ2n) is 1.67. The van der Waals surface area contributed by atoms with Crippen molar-refractivity contribution in [3.05, 3.63) is 0 Å². The lowest BCUT2D eigenvalue weighted by atomic mass is 9.89. The number of ether oxygens (including phenoxy) is 2. The lowest BCUT2D eigenvalue weighted by Crippen LogP contribution is -2.07. The van der Waals surface area contributed by atoms with Gasteiger partial charge in [-0.15, -0.1) is 0 Å². The van der Waals surface area contributed by atoms with Gasteiger partial charge >= 0.3 is 0 Å². The molecular formula is C5H11BO2. The molecule has 0 heterocycles. The van der Waals surface area contributed by atoms with Crippen LogP contribution in [-0.4, -0.2) is 35.3 Å². The fraction of sp³-hybridized carbons (Fsp3) is 1.00. The minimum absolute atomic E-state index is 0.0185. The fourth-order valence-corrected chi connectivity index (χ4v) is 0.476. The second kappa shape index (κ2) is 5.13. The van der Waals surface area contributed by atoms with Gasteiger partial charge in [-0.3, -0.25) is 0 Å². The molecule has 2 radical (unpaired) electrons. The summed E-state index contributed by atoms with van der Waals surface area (Å²) in [5.74, 6) is 0.0185. The maximum absolute atomic E-state index is 5.44. The van der Waals surface area contributed by atoms with Crippen molar-refractivity contribution < 1.29 is 9.47 Å². The van der Waals surface area contributed by atoms with Crippen LogP contribution in [0.15, 0.2) is 0 Å². The van der Waals surface area contributed by atoms with Crippen LogP contribution >= 0.6 is 0 Å². The highest BCUT2D eigenvalue weighted by Gasteiger charge is 1.96. The molecule has 0 aromatic rings. The minimum atomic E-state index is 0.0185. The second-order valence-corrected chi connectivity index (χ2v) is 1.67. The molecule has 0 rings (SSSR count). The van der Waals surface area contributed by atoms with Crippen LogP contribution in [0.2, 0.25) is 5.82 Å². The summed E-state index contributed by atoms with van der Waals surface area (Å²) >= 11 is 0. The molecule has 0 aliphatic heterocycles. The highest BCUT2D eigenvalue weighted by molar-refractivity contribution is 6.11. The van der Waals surface area contributed by atoms with E-state index in [9.17, 15) is 0 Å². The molecule has 0 unspecified atom stereocenters. The zero-order valence-electron chi connectivity index (χ0n) is 5.39. The summed E-state index contributed by atoms with van der Waals surface area (Å²) in [4.78, 5) is 0. The Morgan fingerprint density at radius 3 is 1.88 bits per heavy atom. The van der Waals surface area contributed by atoms with E-state index in [2.05, 4.69) is 0 Å². The van der Waals surface area contributed by atoms with Crippen molar-refractivity contribution in [1.29, 1.82) is 0 Å². The Bertz CT molecular complexity index is 43.7. The fourth-order valence-electron chi connectivity index (χ4n) is 0.476. The number of hydrogen-bond donors (Lipinski definition) is 0. The molecule has 0 amide bonds. The molecule has 3 heteroatoms. The van der Waals surface area contributed by atoms with Gasteiger partial charge in [0.15, 0.2) is 0 Å². The summed E-state index contributed by atoms with van der Waals surface area (Å²) in [5.41, 5.74) is 0. The summed E-state index contributed by atoms with van der Waals surface area (Å²) in [7, 11) is 8.69. The van der Waals surface area contributed by atoms with Gasteiger partial charge in [0.2, 0.25) is 0 Å². The summed E-state index contributed by atoms with van der Waals surface area (Å²) in [6, 6.07) is 0. The Labute approximate surface area is 51.6 Å². The molecule has 0 aromatic heterocycles. The first-order valence-electron chi connectivity index (χ1n) is 2.54. The van der Waals surface area contributed by atoms with E-state index in [1.54, 1.807) is 14.2 Å². The summed E-state index contributed by atoms with van der Waals surface area (Å²) in [6.07, 6.45) is 0. The molecule has 0 atom stereocenters. The van der Waals surface area contributed by atoms with Gasteiger partial charge in [-0.2, -0.15) is 0 Å². The molecule has 0 saturated carbocycles. The number of methoxy groups -OCH3 is 2. The zero-order chi connectivity index (χ0) is 6.41. The summed E-state index contributed by atoms with van der Waals surface area (Å²) in [5, 5.41) is 0. The van der Waals surface area contributed by atoms with Crippen LogP contribution in [0.3, 0.4) is 0 Å². The van der Waals surface area contributed by atoms with Crippen molar-refractivity contribution in [1.82, 2.24) is 0 Å². The predicted octanol–water partition coefficient (Wildman–Crippen LogP) is 0.236. The Kier molecular flexibility index (Phi) is 5.12. The van der Waals surface area contributed by atoms with Gasteiger partial charge in [-0.05, 0) is 5.82 Å². The van der Waals surface area contributed by atoms with E-state index in [4.69, 9.17) is 17.3 Å². The van der Waals surface area contributed by atoms with Crippen molar-refractivity contribution in [3.63, 3.8) is 0 Å². The zero-order valence-corrected chi connectivity index (χ0v) is 5.39. The molecule has 46 valence electrons. The Morgan fingerprint density at radius 2 is 1.62 bits per heavy atom. The van der Waals surface area contributed by atoms with E-state index in [1.165, 1.54) is 0 Å². The van der Waals surface area contributed by atoms with E-state index in [0.717, 1.165) is 0 Å². The number of rotatable bonds is 4. The van der Waals surface area contributed by atoms with Gasteiger partial charge in [0.1, 0.15) is 0 Å². The van der Waals surface area contributed by atoms with Crippen LogP contribution in [-0.2, 0) is 9.47 Å². The van der Waals surface area contributed by atoms with E-state index < -0.39 is 0 Å². The van der Waals surface area contributed by atoms with Crippen LogP contribution in [0, 0.1) is 0 Å². The molecular weight excluding hydrogens is 103 g/mol. The van der Waals surface area contributed by atoms with Gasteiger partial charge < -0.3 is 9.47 Å². The Balaban J connectivity index is 2.92. The normalized spacial score (nSPS) is 10.4. The lowest BCUT2D eigenvalue weighted by molar-refractivity contribution is 0.139. The smallest absolute Gasteiger partial charge is 0.0762 e.